The van der Waals surface area contributed by atoms with E-state index in [4.69, 9.17) is 0 Å². The fourth-order valence-electron chi connectivity index (χ4n) is 2.92. The van der Waals surface area contributed by atoms with Gasteiger partial charge in [-0.05, 0) is 53.0 Å². The number of fused-ring (bicyclic) bond motifs is 1. The summed E-state index contributed by atoms with van der Waals surface area (Å²) < 4.78 is 28.7. The fourth-order valence-corrected chi connectivity index (χ4v) is 6.33. The molecule has 2 aliphatic rings. The predicted octanol–water partition coefficient (Wildman–Crippen LogP) is 2.19. The topological polar surface area (TPSA) is 49.4 Å². The Morgan fingerprint density at radius 1 is 1.26 bits per heavy atom. The zero-order chi connectivity index (χ0) is 13.6. The highest BCUT2D eigenvalue weighted by atomic mass is 79.9. The van der Waals surface area contributed by atoms with Crippen LogP contribution in [0, 0.1) is 5.92 Å². The number of hydrogen-bond acceptors (Lipinski definition) is 3. The van der Waals surface area contributed by atoms with Crippen LogP contribution in [0.2, 0.25) is 0 Å². The normalized spacial score (nSPS) is 27.7. The molecule has 0 bridgehead atoms. The van der Waals surface area contributed by atoms with Crippen LogP contribution in [0.4, 0.5) is 0 Å². The number of nitrogens with one attached hydrogen (secondary N) is 1. The van der Waals surface area contributed by atoms with Crippen molar-refractivity contribution in [1.29, 1.82) is 0 Å². The van der Waals surface area contributed by atoms with Gasteiger partial charge >= 0.3 is 0 Å². The first-order chi connectivity index (χ1) is 9.00. The summed E-state index contributed by atoms with van der Waals surface area (Å²) in [6.07, 6.45) is 0.949. The van der Waals surface area contributed by atoms with E-state index >= 15 is 0 Å². The molecule has 0 radical (unpaired) electrons. The summed E-state index contributed by atoms with van der Waals surface area (Å²) in [7, 11) is -3.41. The molecule has 2 fully saturated rings. The van der Waals surface area contributed by atoms with Crippen molar-refractivity contribution in [3.8, 4) is 0 Å². The lowest BCUT2D eigenvalue weighted by Crippen LogP contribution is -2.39. The second kappa shape index (κ2) is 5.11. The third-order valence-electron chi connectivity index (χ3n) is 3.87. The Morgan fingerprint density at radius 3 is 2.79 bits per heavy atom. The van der Waals surface area contributed by atoms with Crippen LogP contribution in [-0.4, -0.2) is 38.4 Å². The maximum absolute atomic E-state index is 12.8. The molecule has 1 aromatic rings. The van der Waals surface area contributed by atoms with E-state index in [2.05, 4.69) is 37.2 Å². The summed E-state index contributed by atoms with van der Waals surface area (Å²) in [5, 5.41) is 3.28. The van der Waals surface area contributed by atoms with Crippen LogP contribution in [0.1, 0.15) is 6.42 Å². The van der Waals surface area contributed by atoms with Gasteiger partial charge in [0.05, 0.1) is 4.90 Å². The number of nitrogens with zero attached hydrogens (tertiary/aromatic N) is 1. The molecule has 0 unspecified atom stereocenters. The fraction of sp³-hybridized carbons (Fsp3) is 0.500. The average molecular weight is 410 g/mol. The minimum Gasteiger partial charge on any atom is -0.315 e. The minimum absolute atomic E-state index is 0.112. The van der Waals surface area contributed by atoms with Crippen LogP contribution in [-0.2, 0) is 10.0 Å². The first kappa shape index (κ1) is 14.0. The lowest BCUT2D eigenvalue weighted by Gasteiger charge is -2.23. The SMILES string of the molecule is O=S(=O)(c1ccc(Br)cc1Br)N1CC[C@H]2CNC[C@H]21. The second-order valence-electron chi connectivity index (χ2n) is 4.96. The van der Waals surface area contributed by atoms with Gasteiger partial charge < -0.3 is 5.32 Å². The molecule has 1 aromatic carbocycles. The van der Waals surface area contributed by atoms with Crippen molar-refractivity contribution in [2.24, 2.45) is 5.92 Å². The number of sulfonamides is 1. The quantitative estimate of drug-likeness (QED) is 0.814. The molecule has 7 heteroatoms. The monoisotopic (exact) mass is 408 g/mol. The molecule has 2 atom stereocenters. The van der Waals surface area contributed by atoms with Crippen molar-refractivity contribution in [3.63, 3.8) is 0 Å². The Balaban J connectivity index is 1.98. The van der Waals surface area contributed by atoms with Crippen molar-refractivity contribution >= 4 is 41.9 Å². The molecule has 2 aliphatic heterocycles. The highest BCUT2D eigenvalue weighted by Gasteiger charge is 2.44. The van der Waals surface area contributed by atoms with Gasteiger partial charge in [0.1, 0.15) is 0 Å². The maximum Gasteiger partial charge on any atom is 0.244 e. The molecule has 0 amide bonds. The highest BCUT2D eigenvalue weighted by Crippen LogP contribution is 2.35. The summed E-state index contributed by atoms with van der Waals surface area (Å²) in [6, 6.07) is 5.30. The smallest absolute Gasteiger partial charge is 0.244 e. The summed E-state index contributed by atoms with van der Waals surface area (Å²) in [5.41, 5.74) is 0. The van der Waals surface area contributed by atoms with Crippen LogP contribution < -0.4 is 5.32 Å². The number of halogens is 2. The molecule has 2 saturated heterocycles. The standard InChI is InChI=1S/C12H14Br2N2O2S/c13-9-1-2-12(10(14)5-9)19(17,18)16-4-3-8-6-15-7-11(8)16/h1-2,5,8,11,15H,3-4,6-7H2/t8-,11+/m0/s1. The first-order valence-corrected chi connectivity index (χ1v) is 9.20. The molecule has 0 aliphatic carbocycles. The van der Waals surface area contributed by atoms with Crippen LogP contribution in [0.5, 0.6) is 0 Å². The van der Waals surface area contributed by atoms with Crippen molar-refractivity contribution in [3.05, 3.63) is 27.1 Å². The third kappa shape index (κ3) is 2.40. The van der Waals surface area contributed by atoms with Gasteiger partial charge in [0, 0.05) is 28.1 Å². The van der Waals surface area contributed by atoms with Crippen LogP contribution in [0.15, 0.2) is 32.0 Å². The van der Waals surface area contributed by atoms with Gasteiger partial charge in [-0.25, -0.2) is 8.42 Å². The van der Waals surface area contributed by atoms with Gasteiger partial charge in [-0.2, -0.15) is 4.31 Å². The summed E-state index contributed by atoms with van der Waals surface area (Å²) in [4.78, 5) is 0.350. The zero-order valence-electron chi connectivity index (χ0n) is 10.1. The number of hydrogen-bond donors (Lipinski definition) is 1. The van der Waals surface area contributed by atoms with Gasteiger partial charge in [-0.15, -0.1) is 0 Å². The largest absolute Gasteiger partial charge is 0.315 e. The molecular weight excluding hydrogens is 396 g/mol. The van der Waals surface area contributed by atoms with Gasteiger partial charge in [-0.3, -0.25) is 0 Å². The molecule has 104 valence electrons. The molecule has 19 heavy (non-hydrogen) atoms. The first-order valence-electron chi connectivity index (χ1n) is 6.18. The molecule has 0 aromatic heterocycles. The molecule has 3 rings (SSSR count). The van der Waals surface area contributed by atoms with E-state index in [1.54, 1.807) is 22.5 Å². The number of rotatable bonds is 2. The summed E-state index contributed by atoms with van der Waals surface area (Å²) in [6.45, 7) is 2.32. The summed E-state index contributed by atoms with van der Waals surface area (Å²) >= 11 is 6.69. The lowest BCUT2D eigenvalue weighted by atomic mass is 10.1. The van der Waals surface area contributed by atoms with E-state index in [1.165, 1.54) is 0 Å². The number of benzene rings is 1. The van der Waals surface area contributed by atoms with Crippen LogP contribution >= 0.6 is 31.9 Å². The van der Waals surface area contributed by atoms with E-state index < -0.39 is 10.0 Å². The lowest BCUT2D eigenvalue weighted by molar-refractivity contribution is 0.382. The van der Waals surface area contributed by atoms with E-state index in [9.17, 15) is 8.42 Å². The Morgan fingerprint density at radius 2 is 2.05 bits per heavy atom. The van der Waals surface area contributed by atoms with Gasteiger partial charge in [0.15, 0.2) is 0 Å². The van der Waals surface area contributed by atoms with Crippen molar-refractivity contribution < 1.29 is 8.42 Å². The maximum atomic E-state index is 12.8. The molecular formula is C12H14Br2N2O2S. The zero-order valence-corrected chi connectivity index (χ0v) is 14.1. The highest BCUT2D eigenvalue weighted by molar-refractivity contribution is 9.11. The Kier molecular flexibility index (Phi) is 3.77. The minimum atomic E-state index is -3.41. The van der Waals surface area contributed by atoms with Crippen molar-refractivity contribution in [2.45, 2.75) is 17.4 Å². The van der Waals surface area contributed by atoms with Crippen LogP contribution in [0.3, 0.4) is 0 Å². The second-order valence-corrected chi connectivity index (χ2v) is 8.59. The van der Waals surface area contributed by atoms with E-state index in [0.717, 1.165) is 24.0 Å². The molecule has 0 saturated carbocycles. The van der Waals surface area contributed by atoms with Gasteiger partial charge in [0.2, 0.25) is 10.0 Å². The van der Waals surface area contributed by atoms with E-state index in [-0.39, 0.29) is 6.04 Å². The van der Waals surface area contributed by atoms with Crippen LogP contribution in [0.25, 0.3) is 0 Å². The summed E-state index contributed by atoms with van der Waals surface area (Å²) in [5.74, 6) is 0.462. The predicted molar refractivity (Wildman–Crippen MR) is 80.5 cm³/mol. The molecule has 0 spiro atoms. The molecule has 2 heterocycles. The Hall–Kier alpha value is 0.0500. The Bertz CT molecular complexity index is 606. The third-order valence-corrected chi connectivity index (χ3v) is 7.27. The Labute approximate surface area is 129 Å². The average Bonchev–Trinajstić information content (AvgIpc) is 2.88. The van der Waals surface area contributed by atoms with Crippen molar-refractivity contribution in [1.82, 2.24) is 9.62 Å². The van der Waals surface area contributed by atoms with E-state index in [0.29, 0.717) is 21.8 Å². The van der Waals surface area contributed by atoms with Crippen molar-refractivity contribution in [2.75, 3.05) is 19.6 Å². The molecule has 1 N–H and O–H groups in total. The molecule has 4 nitrogen and oxygen atoms in total. The van der Waals surface area contributed by atoms with Gasteiger partial charge in [0.25, 0.3) is 0 Å². The van der Waals surface area contributed by atoms with Gasteiger partial charge in [-0.1, -0.05) is 15.9 Å². The van der Waals surface area contributed by atoms with E-state index in [1.807, 2.05) is 0 Å².